The smallest absolute Gasteiger partial charge is 0.167 e. The van der Waals surface area contributed by atoms with Gasteiger partial charge >= 0.3 is 0 Å². The van der Waals surface area contributed by atoms with Crippen molar-refractivity contribution in [3.05, 3.63) is 101 Å². The van der Waals surface area contributed by atoms with Crippen molar-refractivity contribution in [1.82, 2.24) is 14.4 Å². The second kappa shape index (κ2) is 6.36. The van der Waals surface area contributed by atoms with Crippen LogP contribution in [0.1, 0.15) is 57.6 Å². The molecule has 0 unspecified atom stereocenters. The van der Waals surface area contributed by atoms with Crippen LogP contribution in [0.25, 0.3) is 5.65 Å². The highest BCUT2D eigenvalue weighted by Gasteiger charge is 2.70. The summed E-state index contributed by atoms with van der Waals surface area (Å²) in [6, 6.07) is 16.5. The Morgan fingerprint density at radius 1 is 1.03 bits per heavy atom. The molecule has 2 aromatic carbocycles. The summed E-state index contributed by atoms with van der Waals surface area (Å²) in [6.45, 7) is 4.24. The number of carbonyl (C=O) groups is 1. The molecular formula is C27H25N3O. The van der Waals surface area contributed by atoms with Gasteiger partial charge in [0.25, 0.3) is 0 Å². The first-order valence-corrected chi connectivity index (χ1v) is 11.0. The minimum Gasteiger partial charge on any atom is -0.294 e. The molecule has 154 valence electrons. The number of Topliss-reactive ketones (excluding diaryl/α,β-unsaturated/α-hetero) is 1. The highest BCUT2D eigenvalue weighted by atomic mass is 16.1. The van der Waals surface area contributed by atoms with Crippen molar-refractivity contribution in [3.8, 4) is 0 Å². The van der Waals surface area contributed by atoms with Gasteiger partial charge in [-0.25, -0.2) is 9.97 Å². The van der Waals surface area contributed by atoms with Gasteiger partial charge in [-0.2, -0.15) is 0 Å². The van der Waals surface area contributed by atoms with Gasteiger partial charge in [-0.3, -0.25) is 9.20 Å². The lowest BCUT2D eigenvalue weighted by Gasteiger charge is -2.71. The van der Waals surface area contributed by atoms with Crippen LogP contribution in [0.4, 0.5) is 0 Å². The number of ketones is 1. The highest BCUT2D eigenvalue weighted by molar-refractivity contribution is 5.97. The molecule has 4 aromatic rings. The Kier molecular flexibility index (Phi) is 3.80. The van der Waals surface area contributed by atoms with E-state index in [1.165, 1.54) is 22.4 Å². The minimum atomic E-state index is 0.195. The number of imidazole rings is 1. The summed E-state index contributed by atoms with van der Waals surface area (Å²) in [7, 11) is 0. The monoisotopic (exact) mass is 407 g/mol. The summed E-state index contributed by atoms with van der Waals surface area (Å²) >= 11 is 0. The largest absolute Gasteiger partial charge is 0.294 e. The first kappa shape index (κ1) is 18.5. The van der Waals surface area contributed by atoms with Gasteiger partial charge in [0.05, 0.1) is 5.69 Å². The predicted octanol–water partition coefficient (Wildman–Crippen LogP) is 5.14. The lowest BCUT2D eigenvalue weighted by atomic mass is 9.32. The molecule has 2 aromatic heterocycles. The van der Waals surface area contributed by atoms with Crippen LogP contribution in [0.3, 0.4) is 0 Å². The molecule has 3 saturated carbocycles. The molecule has 4 heteroatoms. The molecule has 4 nitrogen and oxygen atoms in total. The molecule has 3 aliphatic rings. The minimum absolute atomic E-state index is 0.195. The number of aryl methyl sites for hydroxylation is 2. The van der Waals surface area contributed by atoms with Crippen molar-refractivity contribution in [3.63, 3.8) is 0 Å². The summed E-state index contributed by atoms with van der Waals surface area (Å²) in [6.07, 6.45) is 9.51. The number of benzene rings is 2. The molecule has 3 aliphatic carbocycles. The fourth-order valence-corrected chi connectivity index (χ4v) is 6.05. The van der Waals surface area contributed by atoms with Gasteiger partial charge in [-0.05, 0) is 67.3 Å². The lowest BCUT2D eigenvalue weighted by Crippen LogP contribution is -2.67. The second-order valence-corrected chi connectivity index (χ2v) is 9.66. The van der Waals surface area contributed by atoms with Crippen LogP contribution in [0, 0.1) is 13.8 Å². The van der Waals surface area contributed by atoms with Crippen LogP contribution in [0.2, 0.25) is 0 Å². The summed E-state index contributed by atoms with van der Waals surface area (Å²) in [5.74, 6) is 0.195. The molecule has 0 aliphatic heterocycles. The van der Waals surface area contributed by atoms with E-state index in [4.69, 9.17) is 0 Å². The number of rotatable bonds is 5. The fourth-order valence-electron chi connectivity index (χ4n) is 6.05. The van der Waals surface area contributed by atoms with E-state index in [0.717, 1.165) is 36.0 Å². The van der Waals surface area contributed by atoms with Gasteiger partial charge in [0.15, 0.2) is 5.78 Å². The maximum Gasteiger partial charge on any atom is 0.167 e. The second-order valence-electron chi connectivity index (χ2n) is 9.66. The molecule has 0 radical (unpaired) electrons. The average molecular weight is 408 g/mol. The van der Waals surface area contributed by atoms with E-state index in [2.05, 4.69) is 52.5 Å². The van der Waals surface area contributed by atoms with E-state index < -0.39 is 0 Å². The number of carbonyl (C=O) groups excluding carboxylic acids is 1. The highest BCUT2D eigenvalue weighted by Crippen LogP contribution is 2.74. The average Bonchev–Trinajstić information content (AvgIpc) is 3.11. The van der Waals surface area contributed by atoms with Crippen LogP contribution >= 0.6 is 0 Å². The summed E-state index contributed by atoms with van der Waals surface area (Å²) in [5.41, 5.74) is 8.41. The Bertz CT molecular complexity index is 1330. The zero-order chi connectivity index (χ0) is 21.2. The Morgan fingerprint density at radius 3 is 2.68 bits per heavy atom. The molecular weight excluding hydrogens is 382 g/mol. The Hall–Kier alpha value is -3.27. The van der Waals surface area contributed by atoms with E-state index in [0.29, 0.717) is 6.42 Å². The molecule has 2 heterocycles. The van der Waals surface area contributed by atoms with Crippen LogP contribution in [-0.4, -0.2) is 20.2 Å². The van der Waals surface area contributed by atoms with Gasteiger partial charge in [0, 0.05) is 29.8 Å². The van der Waals surface area contributed by atoms with Gasteiger partial charge in [0.1, 0.15) is 12.0 Å². The summed E-state index contributed by atoms with van der Waals surface area (Å²) < 4.78 is 2.14. The van der Waals surface area contributed by atoms with Gasteiger partial charge in [-0.15, -0.1) is 0 Å². The fraction of sp³-hybridized carbons (Fsp3) is 0.296. The van der Waals surface area contributed by atoms with Crippen molar-refractivity contribution in [2.75, 3.05) is 0 Å². The third-order valence-electron chi connectivity index (χ3n) is 7.47. The van der Waals surface area contributed by atoms with Crippen LogP contribution < -0.4 is 0 Å². The number of hydrogen-bond donors (Lipinski definition) is 0. The quantitative estimate of drug-likeness (QED) is 0.430. The molecule has 7 rings (SSSR count). The molecule has 31 heavy (non-hydrogen) atoms. The molecule has 0 atom stereocenters. The molecule has 0 saturated heterocycles. The molecule has 2 bridgehead atoms. The van der Waals surface area contributed by atoms with E-state index in [1.807, 2.05) is 36.8 Å². The van der Waals surface area contributed by atoms with Crippen LogP contribution in [-0.2, 0) is 17.3 Å². The maximum absolute atomic E-state index is 13.0. The van der Waals surface area contributed by atoms with E-state index in [1.54, 1.807) is 6.20 Å². The Labute approximate surface area is 182 Å². The van der Waals surface area contributed by atoms with Crippen LogP contribution in [0.5, 0.6) is 0 Å². The predicted molar refractivity (Wildman–Crippen MR) is 121 cm³/mol. The molecule has 0 amide bonds. The van der Waals surface area contributed by atoms with Crippen LogP contribution in [0.15, 0.2) is 67.3 Å². The number of aromatic nitrogens is 3. The zero-order valence-corrected chi connectivity index (χ0v) is 17.9. The Balaban J connectivity index is 1.26. The summed E-state index contributed by atoms with van der Waals surface area (Å²) in [4.78, 5) is 21.9. The summed E-state index contributed by atoms with van der Waals surface area (Å²) in [5, 5.41) is 0. The van der Waals surface area contributed by atoms with Crippen molar-refractivity contribution >= 4 is 11.4 Å². The van der Waals surface area contributed by atoms with Crippen molar-refractivity contribution in [2.24, 2.45) is 0 Å². The SMILES string of the molecule is Cc1cccc(CC(=O)c2ccc(C)c(C34CC(c5cnc6ccncn56)(C3)C4)c2)c1. The van der Waals surface area contributed by atoms with E-state index in [9.17, 15) is 4.79 Å². The molecule has 3 fully saturated rings. The third kappa shape index (κ3) is 2.71. The number of fused-ring (bicyclic) bond motifs is 1. The van der Waals surface area contributed by atoms with Crippen molar-refractivity contribution in [2.45, 2.75) is 50.4 Å². The lowest BCUT2D eigenvalue weighted by molar-refractivity contribution is -0.0732. The van der Waals surface area contributed by atoms with E-state index in [-0.39, 0.29) is 16.6 Å². The third-order valence-corrected chi connectivity index (χ3v) is 7.47. The normalized spacial score (nSPS) is 23.9. The number of nitrogens with zero attached hydrogens (tertiary/aromatic N) is 3. The van der Waals surface area contributed by atoms with Gasteiger partial charge in [-0.1, -0.05) is 42.0 Å². The first-order chi connectivity index (χ1) is 15.0. The van der Waals surface area contributed by atoms with Crippen molar-refractivity contribution < 1.29 is 4.79 Å². The van der Waals surface area contributed by atoms with E-state index >= 15 is 0 Å². The Morgan fingerprint density at radius 2 is 1.87 bits per heavy atom. The van der Waals surface area contributed by atoms with Gasteiger partial charge in [0.2, 0.25) is 0 Å². The topological polar surface area (TPSA) is 47.3 Å². The van der Waals surface area contributed by atoms with Crippen molar-refractivity contribution in [1.29, 1.82) is 0 Å². The zero-order valence-electron chi connectivity index (χ0n) is 17.9. The standard InChI is InChI=1S/C27H25N3O/c1-18-4-3-5-20(10-18)11-23(31)21-7-6-19(2)22(12-21)26-14-27(15-26,16-26)24-13-29-25-8-9-28-17-30(24)25/h3-10,12-13,17H,11,14-16H2,1-2H3. The number of hydrogen-bond acceptors (Lipinski definition) is 3. The maximum atomic E-state index is 13.0. The first-order valence-electron chi connectivity index (χ1n) is 11.0. The molecule has 0 N–H and O–H groups in total. The molecule has 0 spiro atoms. The van der Waals surface area contributed by atoms with Gasteiger partial charge < -0.3 is 0 Å².